The van der Waals surface area contributed by atoms with Crippen molar-refractivity contribution in [2.75, 3.05) is 54.1 Å². The molecule has 8 nitrogen and oxygen atoms in total. The van der Waals surface area contributed by atoms with E-state index in [1.165, 1.54) is 21.3 Å². The van der Waals surface area contributed by atoms with Gasteiger partial charge >= 0.3 is 17.9 Å². The molecule has 0 spiro atoms. The van der Waals surface area contributed by atoms with E-state index in [1.54, 1.807) is 0 Å². The quantitative estimate of drug-likeness (QED) is 0.330. The van der Waals surface area contributed by atoms with Crippen LogP contribution in [-0.2, 0) is 28.6 Å². The molecule has 0 aromatic carbocycles. The largest absolute Gasteiger partial charge is 0.469 e. The summed E-state index contributed by atoms with van der Waals surface area (Å²) < 4.78 is 14.0. The summed E-state index contributed by atoms with van der Waals surface area (Å²) >= 11 is 0. The van der Waals surface area contributed by atoms with Crippen LogP contribution < -0.4 is 0 Å². The normalized spacial score (nSPS) is 11.1. The molecule has 0 unspecified atom stereocenters. The average molecular weight is 374 g/mol. The molecule has 0 amide bonds. The van der Waals surface area contributed by atoms with Crippen LogP contribution in [0.2, 0.25) is 0 Å². The van der Waals surface area contributed by atoms with Gasteiger partial charge < -0.3 is 24.0 Å². The van der Waals surface area contributed by atoms with Gasteiger partial charge in [-0.15, -0.1) is 0 Å². The number of nitrogens with zero attached hydrogens (tertiary/aromatic N) is 2. The lowest BCUT2D eigenvalue weighted by Crippen LogP contribution is -2.37. The summed E-state index contributed by atoms with van der Waals surface area (Å²) in [6.07, 6.45) is 1.80. The van der Waals surface area contributed by atoms with E-state index in [0.29, 0.717) is 32.1 Å². The molecule has 0 aliphatic carbocycles. The van der Waals surface area contributed by atoms with Crippen LogP contribution in [0.3, 0.4) is 0 Å². The summed E-state index contributed by atoms with van der Waals surface area (Å²) in [5.41, 5.74) is 0. The van der Waals surface area contributed by atoms with Gasteiger partial charge in [0, 0.05) is 25.7 Å². The Morgan fingerprint density at radius 3 is 1.50 bits per heavy atom. The van der Waals surface area contributed by atoms with Crippen LogP contribution in [0, 0.1) is 0 Å². The minimum absolute atomic E-state index is 0.214. The molecule has 0 fully saturated rings. The maximum Gasteiger partial charge on any atom is 0.306 e. The molecule has 0 saturated carbocycles. The first-order valence-corrected chi connectivity index (χ1v) is 9.00. The molecule has 0 atom stereocenters. The number of rotatable bonds is 14. The highest BCUT2D eigenvalue weighted by Crippen LogP contribution is 2.05. The summed E-state index contributed by atoms with van der Waals surface area (Å²) in [5.74, 6) is -0.752. The van der Waals surface area contributed by atoms with Gasteiger partial charge in [0.25, 0.3) is 0 Å². The molecule has 0 rings (SSSR count). The highest BCUT2D eigenvalue weighted by molar-refractivity contribution is 5.70. The molecule has 0 N–H and O–H groups in total. The molecular weight excluding hydrogens is 340 g/mol. The van der Waals surface area contributed by atoms with Crippen LogP contribution >= 0.6 is 0 Å². The molecule has 8 heteroatoms. The Labute approximate surface area is 156 Å². The fourth-order valence-corrected chi connectivity index (χ4v) is 2.50. The highest BCUT2D eigenvalue weighted by atomic mass is 16.5. The third-order valence-corrected chi connectivity index (χ3v) is 4.20. The van der Waals surface area contributed by atoms with Gasteiger partial charge in [0.15, 0.2) is 0 Å². The molecule has 0 heterocycles. The first-order valence-electron chi connectivity index (χ1n) is 9.00. The summed E-state index contributed by atoms with van der Waals surface area (Å²) in [7, 11) is 4.12. The molecule has 152 valence electrons. The fraction of sp³-hybridized carbons (Fsp3) is 0.833. The fourth-order valence-electron chi connectivity index (χ4n) is 2.50. The van der Waals surface area contributed by atoms with Gasteiger partial charge in [0.1, 0.15) is 0 Å². The van der Waals surface area contributed by atoms with E-state index < -0.39 is 0 Å². The van der Waals surface area contributed by atoms with Crippen molar-refractivity contribution < 1.29 is 28.6 Å². The van der Waals surface area contributed by atoms with Gasteiger partial charge in [0.2, 0.25) is 0 Å². The first kappa shape index (κ1) is 24.3. The zero-order valence-corrected chi connectivity index (χ0v) is 16.8. The van der Waals surface area contributed by atoms with Crippen LogP contribution in [-0.4, -0.2) is 87.8 Å². The third kappa shape index (κ3) is 11.8. The molecule has 0 aromatic rings. The van der Waals surface area contributed by atoms with Crippen LogP contribution in [0.5, 0.6) is 0 Å². The Bertz CT molecular complexity index is 408. The number of esters is 3. The number of carbonyl (C=O) groups is 3. The van der Waals surface area contributed by atoms with Crippen molar-refractivity contribution in [3.05, 3.63) is 0 Å². The predicted octanol–water partition coefficient (Wildman–Crippen LogP) is 1.08. The average Bonchev–Trinajstić information content (AvgIpc) is 2.64. The molecule has 0 bridgehead atoms. The van der Waals surface area contributed by atoms with Crippen molar-refractivity contribution in [2.45, 2.75) is 45.6 Å². The zero-order chi connectivity index (χ0) is 19.9. The van der Waals surface area contributed by atoms with Gasteiger partial charge in [-0.2, -0.15) is 0 Å². The van der Waals surface area contributed by atoms with Gasteiger partial charge in [-0.3, -0.25) is 14.4 Å². The van der Waals surface area contributed by atoms with Crippen molar-refractivity contribution in [1.29, 1.82) is 0 Å². The van der Waals surface area contributed by atoms with Crippen LogP contribution in [0.1, 0.15) is 39.5 Å². The van der Waals surface area contributed by atoms with E-state index in [-0.39, 0.29) is 30.7 Å². The Kier molecular flexibility index (Phi) is 13.6. The zero-order valence-electron chi connectivity index (χ0n) is 16.8. The molecule has 0 aromatic heterocycles. The van der Waals surface area contributed by atoms with E-state index >= 15 is 0 Å². The summed E-state index contributed by atoms with van der Waals surface area (Å²) in [6, 6.07) is 0.318. The smallest absolute Gasteiger partial charge is 0.306 e. The SMILES string of the molecule is COC(=O)CCN(CCCN(CCC(=O)OC)C(C)C)CCC(=O)OC. The lowest BCUT2D eigenvalue weighted by molar-refractivity contribution is -0.142. The standard InChI is InChI=1S/C18H34N2O6/c1-15(2)20(14-9-18(23)26-5)11-6-10-19(12-7-16(21)24-3)13-8-17(22)25-4/h15H,6-14H2,1-5H3. The van der Waals surface area contributed by atoms with E-state index in [4.69, 9.17) is 4.74 Å². The predicted molar refractivity (Wildman–Crippen MR) is 97.7 cm³/mol. The lowest BCUT2D eigenvalue weighted by Gasteiger charge is -2.28. The van der Waals surface area contributed by atoms with Crippen LogP contribution in [0.4, 0.5) is 0 Å². The van der Waals surface area contributed by atoms with E-state index in [9.17, 15) is 14.4 Å². The second kappa shape index (κ2) is 14.5. The maximum atomic E-state index is 11.4. The second-order valence-electron chi connectivity index (χ2n) is 6.30. The second-order valence-corrected chi connectivity index (χ2v) is 6.30. The van der Waals surface area contributed by atoms with Crippen molar-refractivity contribution in [1.82, 2.24) is 9.80 Å². The van der Waals surface area contributed by atoms with Gasteiger partial charge in [0.05, 0.1) is 40.6 Å². The molecule has 0 aliphatic heterocycles. The Hall–Kier alpha value is -1.67. The van der Waals surface area contributed by atoms with Crippen LogP contribution in [0.25, 0.3) is 0 Å². The topological polar surface area (TPSA) is 85.4 Å². The number of carbonyl (C=O) groups excluding carboxylic acids is 3. The number of ether oxygens (including phenoxy) is 3. The minimum atomic E-state index is -0.269. The monoisotopic (exact) mass is 374 g/mol. The molecular formula is C18H34N2O6. The van der Waals surface area contributed by atoms with Crippen molar-refractivity contribution >= 4 is 17.9 Å². The van der Waals surface area contributed by atoms with Gasteiger partial charge in [-0.1, -0.05) is 0 Å². The van der Waals surface area contributed by atoms with E-state index in [2.05, 4.69) is 33.1 Å². The van der Waals surface area contributed by atoms with Crippen LogP contribution in [0.15, 0.2) is 0 Å². The first-order chi connectivity index (χ1) is 12.3. The molecule has 26 heavy (non-hydrogen) atoms. The van der Waals surface area contributed by atoms with Gasteiger partial charge in [-0.25, -0.2) is 0 Å². The van der Waals surface area contributed by atoms with Crippen molar-refractivity contribution in [3.63, 3.8) is 0 Å². The maximum absolute atomic E-state index is 11.4. The molecule has 0 saturated heterocycles. The Morgan fingerprint density at radius 1 is 0.692 bits per heavy atom. The summed E-state index contributed by atoms with van der Waals surface area (Å²) in [5, 5.41) is 0. The summed E-state index contributed by atoms with van der Waals surface area (Å²) in [6.45, 7) is 7.46. The van der Waals surface area contributed by atoms with Crippen molar-refractivity contribution in [3.8, 4) is 0 Å². The Morgan fingerprint density at radius 2 is 1.12 bits per heavy atom. The number of hydrogen-bond donors (Lipinski definition) is 0. The van der Waals surface area contributed by atoms with Crippen molar-refractivity contribution in [2.24, 2.45) is 0 Å². The molecule has 0 aliphatic rings. The highest BCUT2D eigenvalue weighted by Gasteiger charge is 2.14. The number of methoxy groups -OCH3 is 3. The van der Waals surface area contributed by atoms with E-state index in [1.807, 2.05) is 0 Å². The Balaban J connectivity index is 4.44. The molecule has 0 radical (unpaired) electrons. The summed E-state index contributed by atoms with van der Waals surface area (Å²) in [4.78, 5) is 38.3. The number of hydrogen-bond acceptors (Lipinski definition) is 8. The lowest BCUT2D eigenvalue weighted by atomic mass is 10.2. The van der Waals surface area contributed by atoms with E-state index in [0.717, 1.165) is 19.5 Å². The third-order valence-electron chi connectivity index (χ3n) is 4.20. The minimum Gasteiger partial charge on any atom is -0.469 e. The van der Waals surface area contributed by atoms with Gasteiger partial charge in [-0.05, 0) is 33.4 Å².